The van der Waals surface area contributed by atoms with Gasteiger partial charge in [-0.15, -0.1) is 11.3 Å². The first kappa shape index (κ1) is 13.1. The molecule has 1 aliphatic heterocycles. The second kappa shape index (κ2) is 5.61. The highest BCUT2D eigenvalue weighted by molar-refractivity contribution is 9.10. The molecule has 0 bridgehead atoms. The second-order valence-corrected chi connectivity index (χ2v) is 7.32. The zero-order valence-electron chi connectivity index (χ0n) is 10.6. The van der Waals surface area contributed by atoms with Crippen LogP contribution in [0.5, 0.6) is 0 Å². The molecule has 1 saturated heterocycles. The van der Waals surface area contributed by atoms with Crippen molar-refractivity contribution in [1.82, 2.24) is 4.90 Å². The molecule has 3 rings (SSSR count). The van der Waals surface area contributed by atoms with Gasteiger partial charge in [-0.25, -0.2) is 0 Å². The smallest absolute Gasteiger partial charge is 0.0578 e. The first-order valence-corrected chi connectivity index (χ1v) is 8.67. The van der Waals surface area contributed by atoms with E-state index in [0.717, 1.165) is 18.5 Å². The standard InChI is InChI=1S/C14H21BrN2S/c15-11-6-8-18-14(11)13(9-16)17-7-2-4-10-3-1-5-12(10)17/h6,8,10,12-13H,1-5,7,9,16H2. The molecule has 0 spiro atoms. The fraction of sp³-hybridized carbons (Fsp3) is 0.714. The van der Waals surface area contributed by atoms with Gasteiger partial charge in [-0.05, 0) is 65.5 Å². The van der Waals surface area contributed by atoms with E-state index in [4.69, 9.17) is 5.73 Å². The van der Waals surface area contributed by atoms with Crippen molar-refractivity contribution in [2.24, 2.45) is 11.7 Å². The lowest BCUT2D eigenvalue weighted by atomic mass is 9.90. The molecule has 100 valence electrons. The number of rotatable bonds is 3. The normalized spacial score (nSPS) is 30.3. The number of thiophene rings is 1. The van der Waals surface area contributed by atoms with Crippen molar-refractivity contribution >= 4 is 27.3 Å². The Morgan fingerprint density at radius 3 is 2.94 bits per heavy atom. The molecule has 1 aromatic heterocycles. The molecule has 3 unspecified atom stereocenters. The molecular weight excluding hydrogens is 308 g/mol. The van der Waals surface area contributed by atoms with E-state index in [0.29, 0.717) is 6.04 Å². The van der Waals surface area contributed by atoms with E-state index in [1.165, 1.54) is 48.0 Å². The number of piperidine rings is 1. The number of fused-ring (bicyclic) bond motifs is 1. The number of nitrogens with zero attached hydrogens (tertiary/aromatic N) is 1. The van der Waals surface area contributed by atoms with Gasteiger partial charge >= 0.3 is 0 Å². The predicted octanol–water partition coefficient (Wildman–Crippen LogP) is 3.77. The summed E-state index contributed by atoms with van der Waals surface area (Å²) in [5, 5.41) is 2.16. The molecule has 1 saturated carbocycles. The fourth-order valence-corrected chi connectivity index (χ4v) is 5.59. The number of likely N-dealkylation sites (tertiary alicyclic amines) is 1. The number of hydrogen-bond acceptors (Lipinski definition) is 3. The van der Waals surface area contributed by atoms with E-state index in [-0.39, 0.29) is 0 Å². The Kier molecular flexibility index (Phi) is 4.09. The molecule has 1 aliphatic carbocycles. The van der Waals surface area contributed by atoms with Crippen LogP contribution < -0.4 is 5.73 Å². The average Bonchev–Trinajstić information content (AvgIpc) is 3.00. The van der Waals surface area contributed by atoms with Gasteiger partial charge < -0.3 is 5.73 Å². The Morgan fingerprint density at radius 1 is 1.39 bits per heavy atom. The van der Waals surface area contributed by atoms with Crippen molar-refractivity contribution in [3.05, 3.63) is 20.8 Å². The minimum atomic E-state index is 0.422. The summed E-state index contributed by atoms with van der Waals surface area (Å²) >= 11 is 5.52. The molecule has 2 nitrogen and oxygen atoms in total. The summed E-state index contributed by atoms with van der Waals surface area (Å²) in [4.78, 5) is 4.13. The van der Waals surface area contributed by atoms with Crippen molar-refractivity contribution < 1.29 is 0 Å². The van der Waals surface area contributed by atoms with Crippen molar-refractivity contribution in [1.29, 1.82) is 0 Å². The Morgan fingerprint density at radius 2 is 2.22 bits per heavy atom. The van der Waals surface area contributed by atoms with Crippen LogP contribution in [0, 0.1) is 5.92 Å². The monoisotopic (exact) mass is 328 g/mol. The minimum absolute atomic E-state index is 0.422. The van der Waals surface area contributed by atoms with Crippen molar-refractivity contribution in [3.8, 4) is 0 Å². The number of nitrogens with two attached hydrogens (primary N) is 1. The molecule has 2 fully saturated rings. The van der Waals surface area contributed by atoms with E-state index < -0.39 is 0 Å². The van der Waals surface area contributed by atoms with Gasteiger partial charge in [0, 0.05) is 21.9 Å². The van der Waals surface area contributed by atoms with E-state index in [1.807, 2.05) is 11.3 Å². The van der Waals surface area contributed by atoms with E-state index in [9.17, 15) is 0 Å². The number of hydrogen-bond donors (Lipinski definition) is 1. The molecule has 0 radical (unpaired) electrons. The van der Waals surface area contributed by atoms with Crippen LogP contribution >= 0.6 is 27.3 Å². The van der Waals surface area contributed by atoms with Crippen LogP contribution in [0.3, 0.4) is 0 Å². The van der Waals surface area contributed by atoms with Gasteiger partial charge in [0.2, 0.25) is 0 Å². The lowest BCUT2D eigenvalue weighted by Gasteiger charge is -2.42. The fourth-order valence-electron chi connectivity index (χ4n) is 3.82. The van der Waals surface area contributed by atoms with Crippen LogP contribution in [0.2, 0.25) is 0 Å². The van der Waals surface area contributed by atoms with Crippen LogP contribution in [-0.2, 0) is 0 Å². The zero-order chi connectivity index (χ0) is 12.5. The van der Waals surface area contributed by atoms with Crippen LogP contribution in [0.4, 0.5) is 0 Å². The van der Waals surface area contributed by atoms with Crippen molar-refractivity contribution in [3.63, 3.8) is 0 Å². The quantitative estimate of drug-likeness (QED) is 0.914. The van der Waals surface area contributed by atoms with Gasteiger partial charge in [-0.3, -0.25) is 4.90 Å². The molecular formula is C14H21BrN2S. The van der Waals surface area contributed by atoms with E-state index >= 15 is 0 Å². The van der Waals surface area contributed by atoms with Gasteiger partial charge in [0.1, 0.15) is 0 Å². The molecule has 0 amide bonds. The highest BCUT2D eigenvalue weighted by Crippen LogP contribution is 2.42. The predicted molar refractivity (Wildman–Crippen MR) is 80.9 cm³/mol. The molecule has 0 aromatic carbocycles. The Balaban J connectivity index is 1.85. The number of halogens is 1. The first-order chi connectivity index (χ1) is 8.81. The minimum Gasteiger partial charge on any atom is -0.329 e. The maximum absolute atomic E-state index is 6.09. The Hall–Kier alpha value is 0.1000. The van der Waals surface area contributed by atoms with Crippen molar-refractivity contribution in [2.45, 2.75) is 44.2 Å². The maximum Gasteiger partial charge on any atom is 0.0578 e. The van der Waals surface area contributed by atoms with Gasteiger partial charge in [0.05, 0.1) is 6.04 Å². The Labute approximate surface area is 122 Å². The highest BCUT2D eigenvalue weighted by atomic mass is 79.9. The molecule has 1 aromatic rings. The lowest BCUT2D eigenvalue weighted by molar-refractivity contribution is 0.0713. The summed E-state index contributed by atoms with van der Waals surface area (Å²) in [7, 11) is 0. The summed E-state index contributed by atoms with van der Waals surface area (Å²) in [5.41, 5.74) is 6.09. The Bertz CT molecular complexity index is 406. The third-order valence-corrected chi connectivity index (χ3v) is 6.58. The molecule has 4 heteroatoms. The summed E-state index contributed by atoms with van der Waals surface area (Å²) in [6.07, 6.45) is 7.01. The molecule has 2 aliphatic rings. The lowest BCUT2D eigenvalue weighted by Crippen LogP contribution is -2.46. The topological polar surface area (TPSA) is 29.3 Å². The molecule has 2 heterocycles. The maximum atomic E-state index is 6.09. The van der Waals surface area contributed by atoms with Gasteiger partial charge in [0.25, 0.3) is 0 Å². The third-order valence-electron chi connectivity index (χ3n) is 4.61. The molecule has 18 heavy (non-hydrogen) atoms. The van der Waals surface area contributed by atoms with Crippen LogP contribution in [0.15, 0.2) is 15.9 Å². The average molecular weight is 329 g/mol. The molecule has 2 N–H and O–H groups in total. The van der Waals surface area contributed by atoms with Crippen molar-refractivity contribution in [2.75, 3.05) is 13.1 Å². The van der Waals surface area contributed by atoms with Gasteiger partial charge in [-0.1, -0.05) is 6.42 Å². The zero-order valence-corrected chi connectivity index (χ0v) is 13.0. The summed E-state index contributed by atoms with van der Waals surface area (Å²) in [6.45, 7) is 1.97. The largest absolute Gasteiger partial charge is 0.329 e. The SMILES string of the molecule is NCC(c1sccc1Br)N1CCCC2CCCC21. The third kappa shape index (κ3) is 2.28. The van der Waals surface area contributed by atoms with E-state index in [2.05, 4.69) is 32.3 Å². The summed E-state index contributed by atoms with van der Waals surface area (Å²) in [5.74, 6) is 0.937. The first-order valence-electron chi connectivity index (χ1n) is 7.00. The van der Waals surface area contributed by atoms with E-state index in [1.54, 1.807) is 0 Å². The van der Waals surface area contributed by atoms with Crippen LogP contribution in [0.25, 0.3) is 0 Å². The van der Waals surface area contributed by atoms with Gasteiger partial charge in [0.15, 0.2) is 0 Å². The summed E-state index contributed by atoms with van der Waals surface area (Å²) < 4.78 is 1.24. The van der Waals surface area contributed by atoms with Gasteiger partial charge in [-0.2, -0.15) is 0 Å². The van der Waals surface area contributed by atoms with Crippen LogP contribution in [-0.4, -0.2) is 24.0 Å². The molecule has 3 atom stereocenters. The summed E-state index contributed by atoms with van der Waals surface area (Å²) in [6, 6.07) is 3.37. The second-order valence-electron chi connectivity index (χ2n) is 5.52. The van der Waals surface area contributed by atoms with Crippen LogP contribution in [0.1, 0.15) is 43.0 Å². The highest BCUT2D eigenvalue weighted by Gasteiger charge is 2.38.